The second kappa shape index (κ2) is 7.38. The van der Waals surface area contributed by atoms with E-state index in [1.54, 1.807) is 0 Å². The van der Waals surface area contributed by atoms with Crippen LogP contribution in [0.25, 0.3) is 0 Å². The lowest BCUT2D eigenvalue weighted by atomic mass is 9.95. The fraction of sp³-hybridized carbons (Fsp3) is 0.786. The normalized spacial score (nSPS) is 14.2. The molecule has 0 aliphatic rings. The summed E-state index contributed by atoms with van der Waals surface area (Å²) < 4.78 is 1.95. The summed E-state index contributed by atoms with van der Waals surface area (Å²) in [7, 11) is 0. The average molecular weight is 281 g/mol. The molecule has 114 valence electrons. The highest BCUT2D eigenvalue weighted by Crippen LogP contribution is 2.13. The summed E-state index contributed by atoms with van der Waals surface area (Å²) in [6.45, 7) is 9.45. The largest absolute Gasteiger partial charge is 0.368 e. The Morgan fingerprint density at radius 3 is 2.55 bits per heavy atom. The Kier molecular flexibility index (Phi) is 6.13. The first kappa shape index (κ1) is 16.6. The van der Waals surface area contributed by atoms with Crippen molar-refractivity contribution in [3.05, 3.63) is 11.6 Å². The van der Waals surface area contributed by atoms with Crippen LogP contribution in [0.1, 0.15) is 52.2 Å². The lowest BCUT2D eigenvalue weighted by molar-refractivity contribution is -0.124. The number of primary amides is 1. The van der Waals surface area contributed by atoms with Gasteiger partial charge in [-0.15, -0.1) is 0 Å². The Labute approximate surface area is 121 Å². The molecule has 20 heavy (non-hydrogen) atoms. The molecular weight excluding hydrogens is 254 g/mol. The van der Waals surface area contributed by atoms with E-state index in [1.165, 1.54) is 0 Å². The molecule has 1 aromatic heterocycles. The van der Waals surface area contributed by atoms with Gasteiger partial charge in [-0.1, -0.05) is 20.8 Å². The predicted octanol–water partition coefficient (Wildman–Crippen LogP) is 1.04. The van der Waals surface area contributed by atoms with E-state index in [4.69, 9.17) is 5.73 Å². The van der Waals surface area contributed by atoms with Crippen molar-refractivity contribution in [1.82, 2.24) is 20.1 Å². The van der Waals surface area contributed by atoms with Crippen LogP contribution >= 0.6 is 0 Å². The predicted molar refractivity (Wildman–Crippen MR) is 79.3 cm³/mol. The van der Waals surface area contributed by atoms with Gasteiger partial charge in [0.2, 0.25) is 5.91 Å². The summed E-state index contributed by atoms with van der Waals surface area (Å²) >= 11 is 0. The Hall–Kier alpha value is -1.43. The van der Waals surface area contributed by atoms with E-state index < -0.39 is 5.54 Å². The number of likely N-dealkylation sites (N-methyl/N-ethyl adjacent to an activating group) is 1. The molecule has 3 N–H and O–H groups in total. The summed E-state index contributed by atoms with van der Waals surface area (Å²) in [6, 6.07) is 0. The molecule has 0 spiro atoms. The third-order valence-electron chi connectivity index (χ3n) is 3.58. The van der Waals surface area contributed by atoms with Gasteiger partial charge in [-0.25, -0.2) is 9.67 Å². The van der Waals surface area contributed by atoms with Gasteiger partial charge in [0.25, 0.3) is 0 Å². The van der Waals surface area contributed by atoms with Crippen molar-refractivity contribution in [3.8, 4) is 0 Å². The summed E-state index contributed by atoms with van der Waals surface area (Å²) in [5.41, 5.74) is 4.84. The van der Waals surface area contributed by atoms with Gasteiger partial charge in [0.05, 0.1) is 5.54 Å². The summed E-state index contributed by atoms with van der Waals surface area (Å²) in [5.74, 6) is 1.58. The van der Waals surface area contributed by atoms with Crippen molar-refractivity contribution in [2.45, 2.75) is 65.5 Å². The molecule has 0 aliphatic heterocycles. The molecule has 1 amide bonds. The molecular formula is C14H27N5O. The Balaban J connectivity index is 2.63. The molecule has 0 aromatic carbocycles. The molecule has 0 saturated carbocycles. The second-order valence-corrected chi connectivity index (χ2v) is 5.20. The van der Waals surface area contributed by atoms with Crippen LogP contribution in [0.3, 0.4) is 0 Å². The molecule has 1 aromatic rings. The molecule has 0 fully saturated rings. The number of carbonyl (C=O) groups is 1. The van der Waals surface area contributed by atoms with Crippen LogP contribution in [0.4, 0.5) is 0 Å². The fourth-order valence-electron chi connectivity index (χ4n) is 2.29. The standard InChI is InChI=1S/C14H27N5O/c1-5-11-17-12(6-2)19(18-11)10-8-9-14(4,13(15)20)16-7-3/h16H,5-10H2,1-4H3,(H2,15,20). The lowest BCUT2D eigenvalue weighted by Crippen LogP contribution is -2.53. The van der Waals surface area contributed by atoms with Gasteiger partial charge in [-0.2, -0.15) is 5.10 Å². The number of nitrogens with two attached hydrogens (primary N) is 1. The van der Waals surface area contributed by atoms with Crippen molar-refractivity contribution in [2.75, 3.05) is 6.54 Å². The van der Waals surface area contributed by atoms with E-state index >= 15 is 0 Å². The molecule has 0 bridgehead atoms. The van der Waals surface area contributed by atoms with E-state index in [2.05, 4.69) is 29.2 Å². The Morgan fingerprint density at radius 2 is 2.05 bits per heavy atom. The topological polar surface area (TPSA) is 85.8 Å². The Bertz CT molecular complexity index is 443. The number of hydrogen-bond donors (Lipinski definition) is 2. The van der Waals surface area contributed by atoms with Gasteiger partial charge in [-0.05, 0) is 26.3 Å². The molecule has 1 atom stereocenters. The van der Waals surface area contributed by atoms with Crippen LogP contribution in [-0.2, 0) is 24.2 Å². The van der Waals surface area contributed by atoms with Crippen LogP contribution in [0.15, 0.2) is 0 Å². The molecule has 6 nitrogen and oxygen atoms in total. The summed E-state index contributed by atoms with van der Waals surface area (Å²) in [6.07, 6.45) is 3.25. The zero-order chi connectivity index (χ0) is 15.2. The van der Waals surface area contributed by atoms with Gasteiger partial charge in [0.1, 0.15) is 5.82 Å². The maximum Gasteiger partial charge on any atom is 0.237 e. The Morgan fingerprint density at radius 1 is 1.35 bits per heavy atom. The first-order chi connectivity index (χ1) is 9.46. The molecule has 1 heterocycles. The number of amides is 1. The van der Waals surface area contributed by atoms with E-state index in [9.17, 15) is 4.79 Å². The van der Waals surface area contributed by atoms with Crippen molar-refractivity contribution in [2.24, 2.45) is 5.73 Å². The number of rotatable bonds is 9. The van der Waals surface area contributed by atoms with Gasteiger partial charge >= 0.3 is 0 Å². The first-order valence-electron chi connectivity index (χ1n) is 7.44. The third-order valence-corrected chi connectivity index (χ3v) is 3.58. The van der Waals surface area contributed by atoms with Gasteiger partial charge in [0.15, 0.2) is 5.82 Å². The molecule has 1 rings (SSSR count). The SMILES string of the molecule is CCNC(C)(CCCn1nc(CC)nc1CC)C(N)=O. The fourth-order valence-corrected chi connectivity index (χ4v) is 2.29. The van der Waals surface area contributed by atoms with E-state index in [1.807, 2.05) is 18.5 Å². The summed E-state index contributed by atoms with van der Waals surface area (Å²) in [4.78, 5) is 16.0. The molecule has 1 unspecified atom stereocenters. The van der Waals surface area contributed by atoms with Crippen LogP contribution in [0, 0.1) is 0 Å². The van der Waals surface area contributed by atoms with Crippen molar-refractivity contribution in [1.29, 1.82) is 0 Å². The lowest BCUT2D eigenvalue weighted by Gasteiger charge is -2.26. The monoisotopic (exact) mass is 281 g/mol. The zero-order valence-corrected chi connectivity index (χ0v) is 13.1. The summed E-state index contributed by atoms with van der Waals surface area (Å²) in [5, 5.41) is 7.65. The number of hydrogen-bond acceptors (Lipinski definition) is 4. The van der Waals surface area contributed by atoms with E-state index in [-0.39, 0.29) is 5.91 Å². The molecule has 0 saturated heterocycles. The van der Waals surface area contributed by atoms with E-state index in [0.29, 0.717) is 6.42 Å². The minimum absolute atomic E-state index is 0.303. The highest BCUT2D eigenvalue weighted by atomic mass is 16.1. The quantitative estimate of drug-likeness (QED) is 0.708. The number of aromatic nitrogens is 3. The van der Waals surface area contributed by atoms with Gasteiger partial charge < -0.3 is 11.1 Å². The zero-order valence-electron chi connectivity index (χ0n) is 13.1. The highest BCUT2D eigenvalue weighted by molar-refractivity contribution is 5.84. The maximum atomic E-state index is 11.6. The third kappa shape index (κ3) is 4.03. The van der Waals surface area contributed by atoms with Crippen molar-refractivity contribution < 1.29 is 4.79 Å². The molecule has 0 aliphatic carbocycles. The average Bonchev–Trinajstić information content (AvgIpc) is 2.81. The smallest absolute Gasteiger partial charge is 0.237 e. The van der Waals surface area contributed by atoms with E-state index in [0.717, 1.165) is 44.0 Å². The highest BCUT2D eigenvalue weighted by Gasteiger charge is 2.29. The van der Waals surface area contributed by atoms with Crippen LogP contribution in [0.5, 0.6) is 0 Å². The number of carbonyl (C=O) groups excluding carboxylic acids is 1. The number of nitrogens with zero attached hydrogens (tertiary/aromatic N) is 3. The maximum absolute atomic E-state index is 11.6. The minimum Gasteiger partial charge on any atom is -0.368 e. The van der Waals surface area contributed by atoms with Gasteiger partial charge in [-0.3, -0.25) is 4.79 Å². The van der Waals surface area contributed by atoms with Crippen LogP contribution < -0.4 is 11.1 Å². The van der Waals surface area contributed by atoms with Gasteiger partial charge in [0, 0.05) is 19.4 Å². The van der Waals surface area contributed by atoms with Crippen LogP contribution in [0.2, 0.25) is 0 Å². The number of nitrogens with one attached hydrogen (secondary N) is 1. The molecule has 6 heteroatoms. The molecule has 0 radical (unpaired) electrons. The van der Waals surface area contributed by atoms with Crippen molar-refractivity contribution >= 4 is 5.91 Å². The van der Waals surface area contributed by atoms with Crippen LogP contribution in [-0.4, -0.2) is 32.8 Å². The van der Waals surface area contributed by atoms with Crippen molar-refractivity contribution in [3.63, 3.8) is 0 Å². The number of aryl methyl sites for hydroxylation is 3. The minimum atomic E-state index is -0.644. The second-order valence-electron chi connectivity index (χ2n) is 5.20. The first-order valence-corrected chi connectivity index (χ1v) is 7.44.